The first kappa shape index (κ1) is 16.2. The van der Waals surface area contributed by atoms with Gasteiger partial charge in [0.25, 0.3) is 0 Å². The van der Waals surface area contributed by atoms with Gasteiger partial charge in [-0.3, -0.25) is 10.1 Å². The summed E-state index contributed by atoms with van der Waals surface area (Å²) in [6.07, 6.45) is 1.05. The Morgan fingerprint density at radius 3 is 2.88 bits per heavy atom. The molecule has 0 atom stereocenters. The van der Waals surface area contributed by atoms with Crippen molar-refractivity contribution in [3.05, 3.63) is 47.8 Å². The number of pyridine rings is 1. The molecular weight excluding hydrogens is 328 g/mol. The van der Waals surface area contributed by atoms with Crippen LogP contribution in [0.4, 0.5) is 17.6 Å². The van der Waals surface area contributed by atoms with Crippen LogP contribution in [0.5, 0.6) is 0 Å². The van der Waals surface area contributed by atoms with Crippen LogP contribution < -0.4 is 5.32 Å². The SMILES string of the molecule is CN(CC(F)(F)F)C(=O)C1=CC(c2c(F)cnc3[nH]ccc23)=C[NH2+]1. The molecule has 1 amide bonds. The average molecular weight is 341 g/mol. The molecule has 0 saturated carbocycles. The number of amides is 1. The van der Waals surface area contributed by atoms with Gasteiger partial charge < -0.3 is 9.88 Å². The van der Waals surface area contributed by atoms with Crippen LogP contribution in [-0.2, 0) is 4.79 Å². The largest absolute Gasteiger partial charge is 0.406 e. The zero-order valence-electron chi connectivity index (χ0n) is 12.5. The van der Waals surface area contributed by atoms with Crippen LogP contribution >= 0.6 is 0 Å². The number of rotatable bonds is 3. The number of carbonyl (C=O) groups is 1. The van der Waals surface area contributed by atoms with Gasteiger partial charge in [0.2, 0.25) is 5.70 Å². The Morgan fingerprint density at radius 1 is 1.42 bits per heavy atom. The molecule has 0 aliphatic carbocycles. The van der Waals surface area contributed by atoms with Gasteiger partial charge in [0.05, 0.1) is 6.20 Å². The molecule has 5 nitrogen and oxygen atoms in total. The maximum absolute atomic E-state index is 14.2. The lowest BCUT2D eigenvalue weighted by atomic mass is 10.0. The van der Waals surface area contributed by atoms with Crippen molar-refractivity contribution < 1.29 is 27.7 Å². The molecule has 24 heavy (non-hydrogen) atoms. The van der Waals surface area contributed by atoms with Crippen molar-refractivity contribution in [3.8, 4) is 0 Å². The van der Waals surface area contributed by atoms with Crippen molar-refractivity contribution in [1.82, 2.24) is 14.9 Å². The van der Waals surface area contributed by atoms with Crippen LogP contribution in [0.1, 0.15) is 5.56 Å². The van der Waals surface area contributed by atoms with Crippen molar-refractivity contribution in [1.29, 1.82) is 0 Å². The summed E-state index contributed by atoms with van der Waals surface area (Å²) < 4.78 is 51.3. The number of hydrogen-bond donors (Lipinski definition) is 2. The Bertz CT molecular complexity index is 866. The van der Waals surface area contributed by atoms with Crippen molar-refractivity contribution >= 4 is 22.5 Å². The number of carbonyl (C=O) groups excluding carboxylic acids is 1. The average Bonchev–Trinajstić information content (AvgIpc) is 3.13. The van der Waals surface area contributed by atoms with E-state index in [-0.39, 0.29) is 11.3 Å². The molecule has 1 aliphatic heterocycles. The van der Waals surface area contributed by atoms with Crippen LogP contribution in [-0.4, -0.2) is 40.5 Å². The molecule has 9 heteroatoms. The lowest BCUT2D eigenvalue weighted by molar-refractivity contribution is -0.524. The number of nitrogens with two attached hydrogens (primary N) is 1. The van der Waals surface area contributed by atoms with Crippen LogP contribution in [0.3, 0.4) is 0 Å². The second-order valence-corrected chi connectivity index (χ2v) is 5.39. The fraction of sp³-hybridized carbons (Fsp3) is 0.200. The first-order chi connectivity index (χ1) is 11.3. The van der Waals surface area contributed by atoms with Crippen LogP contribution in [0, 0.1) is 5.82 Å². The van der Waals surface area contributed by atoms with Gasteiger partial charge in [-0.2, -0.15) is 13.2 Å². The summed E-state index contributed by atoms with van der Waals surface area (Å²) in [5, 5.41) is 1.91. The van der Waals surface area contributed by atoms with Gasteiger partial charge in [0.1, 0.15) is 24.2 Å². The number of fused-ring (bicyclic) bond motifs is 1. The number of nitrogens with one attached hydrogen (secondary N) is 1. The highest BCUT2D eigenvalue weighted by Gasteiger charge is 2.34. The quantitative estimate of drug-likeness (QED) is 0.832. The monoisotopic (exact) mass is 341 g/mol. The molecule has 2 aromatic heterocycles. The van der Waals surface area contributed by atoms with Crippen LogP contribution in [0.2, 0.25) is 0 Å². The van der Waals surface area contributed by atoms with Crippen LogP contribution in [0.15, 0.2) is 36.4 Å². The summed E-state index contributed by atoms with van der Waals surface area (Å²) in [6, 6.07) is 1.64. The van der Waals surface area contributed by atoms with E-state index in [1.165, 1.54) is 17.6 Å². The molecule has 126 valence electrons. The minimum Gasteiger partial charge on any atom is -0.346 e. The van der Waals surface area contributed by atoms with E-state index in [0.29, 0.717) is 21.5 Å². The van der Waals surface area contributed by atoms with E-state index in [1.807, 2.05) is 0 Å². The summed E-state index contributed by atoms with van der Waals surface area (Å²) >= 11 is 0. The number of likely N-dealkylation sites (N-methyl/N-ethyl adjacent to an activating group) is 1. The number of aromatic nitrogens is 2. The molecule has 1 aliphatic rings. The van der Waals surface area contributed by atoms with Gasteiger partial charge in [-0.15, -0.1) is 0 Å². The molecule has 0 saturated heterocycles. The topological polar surface area (TPSA) is 65.6 Å². The number of H-pyrrole nitrogens is 1. The lowest BCUT2D eigenvalue weighted by Crippen LogP contribution is -2.77. The highest BCUT2D eigenvalue weighted by atomic mass is 19.4. The number of allylic oxidation sites excluding steroid dienone is 2. The highest BCUT2D eigenvalue weighted by Crippen LogP contribution is 2.28. The number of halogens is 4. The molecule has 3 N–H and O–H groups in total. The van der Waals surface area contributed by atoms with Crippen molar-refractivity contribution in [3.63, 3.8) is 0 Å². The van der Waals surface area contributed by atoms with Gasteiger partial charge in [-0.05, 0) is 6.07 Å². The molecule has 0 radical (unpaired) electrons. The summed E-state index contributed by atoms with van der Waals surface area (Å²) in [4.78, 5) is 19.4. The van der Waals surface area contributed by atoms with E-state index in [0.717, 1.165) is 13.2 Å². The molecule has 0 unspecified atom stereocenters. The summed E-state index contributed by atoms with van der Waals surface area (Å²) in [5.74, 6) is -1.35. The van der Waals surface area contributed by atoms with E-state index < -0.39 is 24.4 Å². The van der Waals surface area contributed by atoms with Crippen molar-refractivity contribution in [2.24, 2.45) is 0 Å². The first-order valence-corrected chi connectivity index (χ1v) is 6.97. The Labute approximate surface area is 133 Å². The highest BCUT2D eigenvalue weighted by molar-refractivity contribution is 5.99. The molecule has 3 rings (SSSR count). The number of aromatic amines is 1. The van der Waals surface area contributed by atoms with Crippen LogP contribution in [0.25, 0.3) is 16.6 Å². The predicted octanol–water partition coefficient (Wildman–Crippen LogP) is 1.52. The molecule has 0 bridgehead atoms. The summed E-state index contributed by atoms with van der Waals surface area (Å²) in [6.45, 7) is -1.35. The van der Waals surface area contributed by atoms with E-state index in [9.17, 15) is 22.4 Å². The third kappa shape index (κ3) is 3.02. The zero-order valence-corrected chi connectivity index (χ0v) is 12.5. The number of alkyl halides is 3. The van der Waals surface area contributed by atoms with Gasteiger partial charge in [0.15, 0.2) is 0 Å². The van der Waals surface area contributed by atoms with Crippen molar-refractivity contribution in [2.75, 3.05) is 13.6 Å². The van der Waals surface area contributed by atoms with Gasteiger partial charge in [0, 0.05) is 35.8 Å². The Morgan fingerprint density at radius 2 is 2.17 bits per heavy atom. The second kappa shape index (κ2) is 5.75. The molecule has 0 aromatic carbocycles. The first-order valence-electron chi connectivity index (χ1n) is 6.97. The molecule has 0 spiro atoms. The van der Waals surface area contributed by atoms with E-state index in [2.05, 4.69) is 9.97 Å². The van der Waals surface area contributed by atoms with Gasteiger partial charge in [-0.1, -0.05) is 0 Å². The fourth-order valence-corrected chi connectivity index (χ4v) is 2.57. The molecule has 0 fully saturated rings. The lowest BCUT2D eigenvalue weighted by Gasteiger charge is -2.17. The smallest absolute Gasteiger partial charge is 0.346 e. The minimum absolute atomic E-state index is 0.0663. The Kier molecular flexibility index (Phi) is 3.88. The third-order valence-electron chi connectivity index (χ3n) is 3.59. The summed E-state index contributed by atoms with van der Waals surface area (Å²) in [5.41, 5.74) is 1.20. The zero-order chi connectivity index (χ0) is 17.5. The van der Waals surface area contributed by atoms with E-state index >= 15 is 0 Å². The maximum Gasteiger partial charge on any atom is 0.406 e. The van der Waals surface area contributed by atoms with Gasteiger partial charge >= 0.3 is 12.1 Å². The van der Waals surface area contributed by atoms with E-state index in [4.69, 9.17) is 0 Å². The number of nitrogens with zero attached hydrogens (tertiary/aromatic N) is 2. The number of hydrogen-bond acceptors (Lipinski definition) is 2. The number of quaternary nitrogens is 1. The Hall–Kier alpha value is -2.68. The Balaban J connectivity index is 1.88. The molecule has 3 heterocycles. The van der Waals surface area contributed by atoms with E-state index in [1.54, 1.807) is 12.3 Å². The van der Waals surface area contributed by atoms with Gasteiger partial charge in [-0.25, -0.2) is 9.37 Å². The molecular formula is C15H13F4N4O+. The standard InChI is InChI=1S/C15H12F4N4O/c1-23(7-15(17,18)19)14(24)11-4-8(5-21-11)12-9-2-3-20-13(9)22-6-10(12)16/h2-6,21H,7H2,1H3,(H,20,22)/p+1. The molecule has 2 aromatic rings. The summed E-state index contributed by atoms with van der Waals surface area (Å²) in [7, 11) is 1.07. The predicted molar refractivity (Wildman–Crippen MR) is 77.7 cm³/mol. The maximum atomic E-state index is 14.2. The minimum atomic E-state index is -4.48. The van der Waals surface area contributed by atoms with Crippen molar-refractivity contribution in [2.45, 2.75) is 6.18 Å². The normalized spacial score (nSPS) is 14.7. The third-order valence-corrected chi connectivity index (χ3v) is 3.59. The second-order valence-electron chi connectivity index (χ2n) is 5.39. The fourth-order valence-electron chi connectivity index (χ4n) is 2.57.